The molecule has 0 spiro atoms. The van der Waals surface area contributed by atoms with Gasteiger partial charge in [0.05, 0.1) is 11.7 Å². The zero-order valence-corrected chi connectivity index (χ0v) is 17.6. The van der Waals surface area contributed by atoms with Crippen LogP contribution in [0.25, 0.3) is 5.69 Å². The van der Waals surface area contributed by atoms with Gasteiger partial charge in [-0.1, -0.05) is 38.1 Å². The Morgan fingerprint density at radius 2 is 1.93 bits per heavy atom. The van der Waals surface area contributed by atoms with Gasteiger partial charge in [0, 0.05) is 30.7 Å². The molecule has 0 N–H and O–H groups in total. The molecular formula is C24H28N4O. The zero-order valence-electron chi connectivity index (χ0n) is 17.6. The maximum atomic E-state index is 13.6. The van der Waals surface area contributed by atoms with E-state index in [-0.39, 0.29) is 17.9 Å². The van der Waals surface area contributed by atoms with Gasteiger partial charge < -0.3 is 4.90 Å². The molecule has 0 fully saturated rings. The highest BCUT2D eigenvalue weighted by atomic mass is 16.2. The summed E-state index contributed by atoms with van der Waals surface area (Å²) >= 11 is 0. The van der Waals surface area contributed by atoms with Crippen molar-refractivity contribution in [2.45, 2.75) is 46.1 Å². The summed E-state index contributed by atoms with van der Waals surface area (Å²) < 4.78 is 1.99. The molecule has 0 aliphatic heterocycles. The van der Waals surface area contributed by atoms with Crippen LogP contribution in [0.3, 0.4) is 0 Å². The third kappa shape index (κ3) is 3.46. The number of nitrogens with zero attached hydrogens (tertiary/aromatic N) is 4. The van der Waals surface area contributed by atoms with Crippen molar-refractivity contribution in [3.05, 3.63) is 76.9 Å². The molecule has 0 radical (unpaired) electrons. The fourth-order valence-electron chi connectivity index (χ4n) is 4.51. The molecule has 1 unspecified atom stereocenters. The summed E-state index contributed by atoms with van der Waals surface area (Å²) in [7, 11) is 1.88. The SMILES string of the molecule is Cc1ccccc1-n1nc(C(=O)N(C)C(c2cccnc2)C(C)C)c2c1CCC2. The van der Waals surface area contributed by atoms with Crippen molar-refractivity contribution in [1.29, 1.82) is 0 Å². The number of carbonyl (C=O) groups is 1. The predicted octanol–water partition coefficient (Wildman–Crippen LogP) is 4.53. The molecule has 3 aromatic rings. The van der Waals surface area contributed by atoms with E-state index in [1.54, 1.807) is 6.20 Å². The van der Waals surface area contributed by atoms with Crippen LogP contribution in [0.2, 0.25) is 0 Å². The van der Waals surface area contributed by atoms with Crippen LogP contribution >= 0.6 is 0 Å². The summed E-state index contributed by atoms with van der Waals surface area (Å²) in [6, 6.07) is 12.1. The van der Waals surface area contributed by atoms with Gasteiger partial charge in [-0.15, -0.1) is 0 Å². The lowest BCUT2D eigenvalue weighted by atomic mass is 9.95. The van der Waals surface area contributed by atoms with Gasteiger partial charge in [-0.05, 0) is 55.4 Å². The lowest BCUT2D eigenvalue weighted by Gasteiger charge is -2.31. The third-order valence-electron chi connectivity index (χ3n) is 5.87. The van der Waals surface area contributed by atoms with E-state index >= 15 is 0 Å². The van der Waals surface area contributed by atoms with Crippen molar-refractivity contribution in [3.63, 3.8) is 0 Å². The van der Waals surface area contributed by atoms with Crippen LogP contribution in [-0.4, -0.2) is 32.6 Å². The van der Waals surface area contributed by atoms with Gasteiger partial charge in [0.2, 0.25) is 0 Å². The molecule has 1 aliphatic rings. The van der Waals surface area contributed by atoms with Gasteiger partial charge in [0.15, 0.2) is 5.69 Å². The Morgan fingerprint density at radius 1 is 1.14 bits per heavy atom. The molecule has 150 valence electrons. The van der Waals surface area contributed by atoms with Crippen LogP contribution in [0.4, 0.5) is 0 Å². The molecule has 29 heavy (non-hydrogen) atoms. The molecule has 5 heteroatoms. The first-order valence-electron chi connectivity index (χ1n) is 10.3. The quantitative estimate of drug-likeness (QED) is 0.645. The second-order valence-corrected chi connectivity index (χ2v) is 8.22. The van der Waals surface area contributed by atoms with Gasteiger partial charge in [-0.3, -0.25) is 9.78 Å². The Kier molecular flexibility index (Phi) is 5.22. The van der Waals surface area contributed by atoms with Gasteiger partial charge >= 0.3 is 0 Å². The Labute approximate surface area is 172 Å². The van der Waals surface area contributed by atoms with Gasteiger partial charge in [-0.2, -0.15) is 5.10 Å². The molecule has 5 nitrogen and oxygen atoms in total. The summed E-state index contributed by atoms with van der Waals surface area (Å²) in [6.07, 6.45) is 6.56. The highest BCUT2D eigenvalue weighted by Crippen LogP contribution is 2.32. The fraction of sp³-hybridized carbons (Fsp3) is 0.375. The van der Waals surface area contributed by atoms with Crippen LogP contribution in [0.5, 0.6) is 0 Å². The number of rotatable bonds is 5. The van der Waals surface area contributed by atoms with E-state index in [0.29, 0.717) is 5.69 Å². The lowest BCUT2D eigenvalue weighted by Crippen LogP contribution is -2.35. The smallest absolute Gasteiger partial charge is 0.274 e. The average Bonchev–Trinajstić information content (AvgIpc) is 3.31. The normalized spacial score (nSPS) is 14.1. The van der Waals surface area contributed by atoms with Crippen molar-refractivity contribution in [1.82, 2.24) is 19.7 Å². The van der Waals surface area contributed by atoms with Crippen molar-refractivity contribution < 1.29 is 4.79 Å². The van der Waals surface area contributed by atoms with Crippen LogP contribution in [0.15, 0.2) is 48.8 Å². The average molecular weight is 389 g/mol. The summed E-state index contributed by atoms with van der Waals surface area (Å²) in [5.41, 5.74) is 6.15. The number of benzene rings is 1. The highest BCUT2D eigenvalue weighted by Gasteiger charge is 2.32. The Bertz CT molecular complexity index is 1020. The zero-order chi connectivity index (χ0) is 20.5. The van der Waals surface area contributed by atoms with Crippen molar-refractivity contribution in [3.8, 4) is 5.69 Å². The monoisotopic (exact) mass is 388 g/mol. The van der Waals surface area contributed by atoms with Crippen molar-refractivity contribution >= 4 is 5.91 Å². The minimum absolute atomic E-state index is 0.0157. The van der Waals surface area contributed by atoms with Gasteiger partial charge in [-0.25, -0.2) is 4.68 Å². The maximum Gasteiger partial charge on any atom is 0.274 e. The highest BCUT2D eigenvalue weighted by molar-refractivity contribution is 5.94. The van der Waals surface area contributed by atoms with Crippen LogP contribution in [-0.2, 0) is 12.8 Å². The van der Waals surface area contributed by atoms with Crippen LogP contribution in [0.1, 0.15) is 59.2 Å². The van der Waals surface area contributed by atoms with E-state index in [1.807, 2.05) is 47.1 Å². The van der Waals surface area contributed by atoms with Gasteiger partial charge in [0.1, 0.15) is 0 Å². The maximum absolute atomic E-state index is 13.6. The summed E-state index contributed by atoms with van der Waals surface area (Å²) in [4.78, 5) is 19.7. The number of carbonyl (C=O) groups excluding carboxylic acids is 1. The minimum Gasteiger partial charge on any atom is -0.333 e. The third-order valence-corrected chi connectivity index (χ3v) is 5.87. The molecule has 0 saturated carbocycles. The summed E-state index contributed by atoms with van der Waals surface area (Å²) in [6.45, 7) is 6.36. The number of para-hydroxylation sites is 1. The fourth-order valence-corrected chi connectivity index (χ4v) is 4.51. The van der Waals surface area contributed by atoms with Crippen LogP contribution < -0.4 is 0 Å². The van der Waals surface area contributed by atoms with Crippen molar-refractivity contribution in [2.75, 3.05) is 7.05 Å². The minimum atomic E-state index is -0.0446. The first-order chi connectivity index (χ1) is 14.0. The number of hydrogen-bond acceptors (Lipinski definition) is 3. The van der Waals surface area contributed by atoms with E-state index in [9.17, 15) is 4.79 Å². The second-order valence-electron chi connectivity index (χ2n) is 8.22. The number of aromatic nitrogens is 3. The number of hydrogen-bond donors (Lipinski definition) is 0. The molecule has 0 bridgehead atoms. The predicted molar refractivity (Wildman–Crippen MR) is 114 cm³/mol. The van der Waals surface area contributed by atoms with Gasteiger partial charge in [0.25, 0.3) is 5.91 Å². The molecule has 2 aromatic heterocycles. The van der Waals surface area contributed by atoms with E-state index in [1.165, 1.54) is 5.69 Å². The number of fused-ring (bicyclic) bond motifs is 1. The van der Waals surface area contributed by atoms with Crippen LogP contribution in [0, 0.1) is 12.8 Å². The van der Waals surface area contributed by atoms with E-state index < -0.39 is 0 Å². The molecular weight excluding hydrogens is 360 g/mol. The summed E-state index contributed by atoms with van der Waals surface area (Å²) in [5.74, 6) is 0.248. The molecule has 2 heterocycles. The molecule has 4 rings (SSSR count). The number of pyridine rings is 1. The Balaban J connectivity index is 1.74. The topological polar surface area (TPSA) is 51.0 Å². The standard InChI is InChI=1S/C24H28N4O/c1-16(2)23(18-10-8-14-25-15-18)27(4)24(29)22-19-11-7-13-21(19)28(26-22)20-12-6-5-9-17(20)3/h5-6,8-10,12,14-16,23H,7,11,13H2,1-4H3. The molecule has 1 aliphatic carbocycles. The molecule has 1 amide bonds. The first-order valence-corrected chi connectivity index (χ1v) is 10.3. The Morgan fingerprint density at radius 3 is 2.62 bits per heavy atom. The lowest BCUT2D eigenvalue weighted by molar-refractivity contribution is 0.0679. The second kappa shape index (κ2) is 7.82. The van der Waals surface area contributed by atoms with E-state index in [0.717, 1.165) is 41.6 Å². The number of aryl methyl sites for hydroxylation is 1. The van der Waals surface area contributed by atoms with E-state index in [2.05, 4.69) is 37.9 Å². The number of amides is 1. The largest absolute Gasteiger partial charge is 0.333 e. The molecule has 1 atom stereocenters. The Hall–Kier alpha value is -2.95. The molecule has 0 saturated heterocycles. The molecule has 1 aromatic carbocycles. The first kappa shape index (κ1) is 19.4. The summed E-state index contributed by atoms with van der Waals surface area (Å²) in [5, 5.41) is 4.83. The van der Waals surface area contributed by atoms with E-state index in [4.69, 9.17) is 5.10 Å². The van der Waals surface area contributed by atoms with Crippen molar-refractivity contribution in [2.24, 2.45) is 5.92 Å².